The van der Waals surface area contributed by atoms with Crippen LogP contribution in [0.15, 0.2) is 12.3 Å². The Morgan fingerprint density at radius 2 is 2.53 bits per heavy atom. The molecule has 0 spiro atoms. The average Bonchev–Trinajstić information content (AvgIpc) is 2.69. The van der Waals surface area contributed by atoms with Gasteiger partial charge >= 0.3 is 0 Å². The summed E-state index contributed by atoms with van der Waals surface area (Å²) >= 11 is 5.59. The number of nitrogens with zero attached hydrogens (tertiary/aromatic N) is 1. The molecular formula is C10H12ClFN2O. The van der Waals surface area contributed by atoms with Crippen LogP contribution < -0.4 is 5.32 Å². The molecule has 0 saturated carbocycles. The molecule has 1 aromatic rings. The van der Waals surface area contributed by atoms with Gasteiger partial charge in [0, 0.05) is 19.3 Å². The predicted molar refractivity (Wildman–Crippen MR) is 56.7 cm³/mol. The summed E-state index contributed by atoms with van der Waals surface area (Å²) in [5.41, 5.74) is 0. The van der Waals surface area contributed by atoms with Crippen molar-refractivity contribution < 1.29 is 9.13 Å². The minimum Gasteiger partial charge on any atom is -0.376 e. The Bertz CT molecular complexity index is 342. The van der Waals surface area contributed by atoms with E-state index < -0.39 is 5.82 Å². The Labute approximate surface area is 92.6 Å². The maximum Gasteiger partial charge on any atom is 0.166 e. The first-order chi connectivity index (χ1) is 7.25. The Morgan fingerprint density at radius 3 is 3.20 bits per heavy atom. The summed E-state index contributed by atoms with van der Waals surface area (Å²) < 4.78 is 18.7. The highest BCUT2D eigenvalue weighted by molar-refractivity contribution is 6.30. The Kier molecular flexibility index (Phi) is 3.38. The second-order valence-electron chi connectivity index (χ2n) is 3.50. The third-order valence-corrected chi connectivity index (χ3v) is 2.54. The monoisotopic (exact) mass is 230 g/mol. The van der Waals surface area contributed by atoms with Crippen LogP contribution in [0.4, 0.5) is 10.2 Å². The van der Waals surface area contributed by atoms with Gasteiger partial charge in [0.15, 0.2) is 11.6 Å². The molecular weight excluding hydrogens is 219 g/mol. The summed E-state index contributed by atoms with van der Waals surface area (Å²) in [6, 6.07) is 1.24. The first kappa shape index (κ1) is 10.6. The van der Waals surface area contributed by atoms with Gasteiger partial charge in [0.25, 0.3) is 0 Å². The standard InChI is InChI=1S/C10H12ClFN2O/c11-7-4-9(12)10(13-5-7)14-6-8-2-1-3-15-8/h4-5,8H,1-3,6H2,(H,13,14). The van der Waals surface area contributed by atoms with Crippen molar-refractivity contribution in [1.82, 2.24) is 4.98 Å². The van der Waals surface area contributed by atoms with E-state index in [9.17, 15) is 4.39 Å². The maximum absolute atomic E-state index is 13.3. The summed E-state index contributed by atoms with van der Waals surface area (Å²) in [7, 11) is 0. The summed E-state index contributed by atoms with van der Waals surface area (Å²) in [4.78, 5) is 3.87. The first-order valence-electron chi connectivity index (χ1n) is 4.92. The highest BCUT2D eigenvalue weighted by atomic mass is 35.5. The molecule has 0 bridgehead atoms. The molecule has 1 aliphatic rings. The van der Waals surface area contributed by atoms with Gasteiger partial charge in [-0.1, -0.05) is 11.6 Å². The van der Waals surface area contributed by atoms with E-state index in [1.807, 2.05) is 0 Å². The van der Waals surface area contributed by atoms with Crippen LogP contribution in [0.3, 0.4) is 0 Å². The zero-order valence-electron chi connectivity index (χ0n) is 8.17. The third kappa shape index (κ3) is 2.79. The highest BCUT2D eigenvalue weighted by Gasteiger charge is 2.15. The number of aromatic nitrogens is 1. The lowest BCUT2D eigenvalue weighted by molar-refractivity contribution is 0.120. The maximum atomic E-state index is 13.3. The van der Waals surface area contributed by atoms with Gasteiger partial charge in [-0.15, -0.1) is 0 Å². The van der Waals surface area contributed by atoms with E-state index in [0.717, 1.165) is 19.4 Å². The van der Waals surface area contributed by atoms with E-state index in [4.69, 9.17) is 16.3 Å². The minimum atomic E-state index is -0.430. The van der Waals surface area contributed by atoms with E-state index >= 15 is 0 Å². The zero-order chi connectivity index (χ0) is 10.7. The molecule has 1 atom stereocenters. The molecule has 0 aliphatic carbocycles. The minimum absolute atomic E-state index is 0.168. The normalized spacial score (nSPS) is 20.5. The molecule has 5 heteroatoms. The fourth-order valence-corrected chi connectivity index (χ4v) is 1.71. The smallest absolute Gasteiger partial charge is 0.166 e. The van der Waals surface area contributed by atoms with Crippen molar-refractivity contribution >= 4 is 17.4 Å². The predicted octanol–water partition coefficient (Wildman–Crippen LogP) is 2.46. The second-order valence-corrected chi connectivity index (χ2v) is 3.94. The lowest BCUT2D eigenvalue weighted by Gasteiger charge is -2.11. The molecule has 1 unspecified atom stereocenters. The molecule has 1 N–H and O–H groups in total. The number of hydrogen-bond acceptors (Lipinski definition) is 3. The molecule has 2 rings (SSSR count). The van der Waals surface area contributed by atoms with E-state index in [0.29, 0.717) is 11.6 Å². The van der Waals surface area contributed by atoms with Crippen molar-refractivity contribution in [2.24, 2.45) is 0 Å². The van der Waals surface area contributed by atoms with Gasteiger partial charge in [-0.2, -0.15) is 0 Å². The van der Waals surface area contributed by atoms with Crippen LogP contribution in [0, 0.1) is 5.82 Å². The molecule has 0 amide bonds. The molecule has 1 aliphatic heterocycles. The largest absolute Gasteiger partial charge is 0.376 e. The molecule has 1 fully saturated rings. The molecule has 82 valence electrons. The Balaban J connectivity index is 1.92. The number of nitrogens with one attached hydrogen (secondary N) is 1. The van der Waals surface area contributed by atoms with Crippen LogP contribution in [0.1, 0.15) is 12.8 Å². The fraction of sp³-hybridized carbons (Fsp3) is 0.500. The van der Waals surface area contributed by atoms with Crippen molar-refractivity contribution in [2.75, 3.05) is 18.5 Å². The molecule has 0 radical (unpaired) electrons. The van der Waals surface area contributed by atoms with Crippen molar-refractivity contribution in [3.63, 3.8) is 0 Å². The van der Waals surface area contributed by atoms with E-state index in [1.165, 1.54) is 12.3 Å². The second kappa shape index (κ2) is 4.77. The van der Waals surface area contributed by atoms with Gasteiger partial charge in [-0.3, -0.25) is 0 Å². The van der Waals surface area contributed by atoms with Crippen molar-refractivity contribution in [3.05, 3.63) is 23.1 Å². The van der Waals surface area contributed by atoms with E-state index in [1.54, 1.807) is 0 Å². The fourth-order valence-electron chi connectivity index (χ4n) is 1.56. The number of hydrogen-bond donors (Lipinski definition) is 1. The van der Waals surface area contributed by atoms with Crippen molar-refractivity contribution in [2.45, 2.75) is 18.9 Å². The molecule has 1 aromatic heterocycles. The van der Waals surface area contributed by atoms with Gasteiger partial charge in [-0.25, -0.2) is 9.37 Å². The molecule has 3 nitrogen and oxygen atoms in total. The molecule has 2 heterocycles. The summed E-state index contributed by atoms with van der Waals surface area (Å²) in [6.07, 6.45) is 3.68. The van der Waals surface area contributed by atoms with Crippen LogP contribution in [-0.4, -0.2) is 24.2 Å². The Hall–Kier alpha value is -0.870. The van der Waals surface area contributed by atoms with Crippen molar-refractivity contribution in [1.29, 1.82) is 0 Å². The van der Waals surface area contributed by atoms with Gasteiger partial charge in [-0.05, 0) is 18.9 Å². The number of ether oxygens (including phenoxy) is 1. The number of halogens is 2. The average molecular weight is 231 g/mol. The topological polar surface area (TPSA) is 34.2 Å². The molecule has 15 heavy (non-hydrogen) atoms. The lowest BCUT2D eigenvalue weighted by atomic mass is 10.2. The number of anilines is 1. The molecule has 0 aromatic carbocycles. The van der Waals surface area contributed by atoms with Gasteiger partial charge in [0.2, 0.25) is 0 Å². The summed E-state index contributed by atoms with van der Waals surface area (Å²) in [5.74, 6) is -0.199. The zero-order valence-corrected chi connectivity index (χ0v) is 8.93. The summed E-state index contributed by atoms with van der Waals surface area (Å²) in [6.45, 7) is 1.38. The Morgan fingerprint density at radius 1 is 1.67 bits per heavy atom. The van der Waals surface area contributed by atoms with Crippen LogP contribution in [0.2, 0.25) is 5.02 Å². The van der Waals surface area contributed by atoms with E-state index in [2.05, 4.69) is 10.3 Å². The van der Waals surface area contributed by atoms with Gasteiger partial charge < -0.3 is 10.1 Å². The van der Waals surface area contributed by atoms with E-state index in [-0.39, 0.29) is 11.9 Å². The SMILES string of the molecule is Fc1cc(Cl)cnc1NCC1CCCO1. The van der Waals surface area contributed by atoms with Crippen LogP contribution in [-0.2, 0) is 4.74 Å². The number of rotatable bonds is 3. The molecule has 1 saturated heterocycles. The van der Waals surface area contributed by atoms with Crippen LogP contribution in [0.5, 0.6) is 0 Å². The van der Waals surface area contributed by atoms with Crippen LogP contribution >= 0.6 is 11.6 Å². The summed E-state index contributed by atoms with van der Waals surface area (Å²) in [5, 5.41) is 3.21. The third-order valence-electron chi connectivity index (χ3n) is 2.33. The quantitative estimate of drug-likeness (QED) is 0.866. The number of pyridine rings is 1. The highest BCUT2D eigenvalue weighted by Crippen LogP contribution is 2.17. The first-order valence-corrected chi connectivity index (χ1v) is 5.30. The van der Waals surface area contributed by atoms with Gasteiger partial charge in [0.05, 0.1) is 11.1 Å². The van der Waals surface area contributed by atoms with Crippen molar-refractivity contribution in [3.8, 4) is 0 Å². The van der Waals surface area contributed by atoms with Crippen LogP contribution in [0.25, 0.3) is 0 Å². The lowest BCUT2D eigenvalue weighted by Crippen LogP contribution is -2.19. The van der Waals surface area contributed by atoms with Gasteiger partial charge in [0.1, 0.15) is 0 Å².